The third-order valence-corrected chi connectivity index (χ3v) is 3.85. The van der Waals surface area contributed by atoms with Gasteiger partial charge in [-0.15, -0.1) is 0 Å². The van der Waals surface area contributed by atoms with Crippen LogP contribution in [0.1, 0.15) is 40.0 Å². The summed E-state index contributed by atoms with van der Waals surface area (Å²) < 4.78 is 20.6. The van der Waals surface area contributed by atoms with Crippen LogP contribution in [0.15, 0.2) is 0 Å². The maximum atomic E-state index is 12.2. The molecule has 6 nitrogen and oxygen atoms in total. The molecule has 0 aromatic rings. The molecule has 1 heterocycles. The van der Waals surface area contributed by atoms with Crippen molar-refractivity contribution in [2.45, 2.75) is 52.6 Å². The number of hydrogen-bond acceptors (Lipinski definition) is 6. The Labute approximate surface area is 119 Å². The molecule has 1 fully saturated rings. The highest BCUT2D eigenvalue weighted by Gasteiger charge is 2.42. The number of ether oxygens (including phenoxy) is 4. The maximum absolute atomic E-state index is 12.2. The van der Waals surface area contributed by atoms with Crippen LogP contribution in [0.3, 0.4) is 0 Å². The predicted octanol–water partition coefficient (Wildman–Crippen LogP) is 1.86. The normalized spacial score (nSPS) is 24.9. The first-order chi connectivity index (χ1) is 9.32. The average molecular weight is 288 g/mol. The van der Waals surface area contributed by atoms with Crippen molar-refractivity contribution in [1.29, 1.82) is 0 Å². The lowest BCUT2D eigenvalue weighted by molar-refractivity contribution is -0.258. The molecule has 0 N–H and O–H groups in total. The van der Waals surface area contributed by atoms with Gasteiger partial charge >= 0.3 is 11.9 Å². The second-order valence-electron chi connectivity index (χ2n) is 5.53. The fourth-order valence-electron chi connectivity index (χ4n) is 1.94. The van der Waals surface area contributed by atoms with Crippen LogP contribution < -0.4 is 0 Å². The summed E-state index contributed by atoms with van der Waals surface area (Å²) >= 11 is 0. The Balaban J connectivity index is 2.62. The van der Waals surface area contributed by atoms with Gasteiger partial charge in [0.1, 0.15) is 0 Å². The third-order valence-electron chi connectivity index (χ3n) is 3.85. The van der Waals surface area contributed by atoms with Crippen LogP contribution in [0.5, 0.6) is 0 Å². The lowest BCUT2D eigenvalue weighted by Gasteiger charge is -2.33. The summed E-state index contributed by atoms with van der Waals surface area (Å²) in [5.74, 6) is -1.51. The van der Waals surface area contributed by atoms with E-state index < -0.39 is 29.6 Å². The van der Waals surface area contributed by atoms with E-state index in [0.717, 1.165) is 12.8 Å². The Kier molecular flexibility index (Phi) is 5.95. The van der Waals surface area contributed by atoms with Gasteiger partial charge in [-0.3, -0.25) is 9.59 Å². The van der Waals surface area contributed by atoms with Crippen molar-refractivity contribution in [1.82, 2.24) is 0 Å². The van der Waals surface area contributed by atoms with E-state index in [1.54, 1.807) is 27.9 Å². The van der Waals surface area contributed by atoms with Gasteiger partial charge < -0.3 is 18.9 Å². The summed E-state index contributed by atoms with van der Waals surface area (Å²) in [7, 11) is 2.85. The highest BCUT2D eigenvalue weighted by atomic mass is 16.8. The molecule has 116 valence electrons. The third kappa shape index (κ3) is 3.93. The largest absolute Gasteiger partial charge is 0.469 e. The zero-order chi connectivity index (χ0) is 15.3. The van der Waals surface area contributed by atoms with Crippen LogP contribution in [-0.4, -0.2) is 38.7 Å². The molecule has 0 amide bonds. The van der Waals surface area contributed by atoms with Gasteiger partial charge in [0.15, 0.2) is 6.29 Å². The van der Waals surface area contributed by atoms with E-state index in [0.29, 0.717) is 6.42 Å². The Bertz CT molecular complexity index is 352. The minimum atomic E-state index is -0.976. The first-order valence-corrected chi connectivity index (χ1v) is 6.80. The van der Waals surface area contributed by atoms with E-state index in [1.807, 2.05) is 0 Å². The molecule has 3 atom stereocenters. The average Bonchev–Trinajstić information content (AvgIpc) is 2.45. The van der Waals surface area contributed by atoms with Gasteiger partial charge in [-0.2, -0.15) is 0 Å². The van der Waals surface area contributed by atoms with Crippen LogP contribution in [0.4, 0.5) is 0 Å². The van der Waals surface area contributed by atoms with Gasteiger partial charge in [0.25, 0.3) is 0 Å². The van der Waals surface area contributed by atoms with Gasteiger partial charge in [-0.1, -0.05) is 6.92 Å². The molecule has 0 aromatic heterocycles. The van der Waals surface area contributed by atoms with Crippen molar-refractivity contribution in [2.75, 3.05) is 14.2 Å². The summed E-state index contributed by atoms with van der Waals surface area (Å²) in [6, 6.07) is 0. The summed E-state index contributed by atoms with van der Waals surface area (Å²) in [6.07, 6.45) is 1.32. The lowest BCUT2D eigenvalue weighted by Crippen LogP contribution is -2.41. The minimum Gasteiger partial charge on any atom is -0.469 e. The molecule has 0 bridgehead atoms. The molecule has 1 saturated heterocycles. The first kappa shape index (κ1) is 16.9. The van der Waals surface area contributed by atoms with Gasteiger partial charge in [0, 0.05) is 13.5 Å². The number of carbonyl (C=O) groups excluding carboxylic acids is 2. The van der Waals surface area contributed by atoms with Crippen molar-refractivity contribution < 1.29 is 28.5 Å². The zero-order valence-corrected chi connectivity index (χ0v) is 12.8. The molecular formula is C14H24O6. The second kappa shape index (κ2) is 7.04. The van der Waals surface area contributed by atoms with Crippen molar-refractivity contribution in [3.8, 4) is 0 Å². The van der Waals surface area contributed by atoms with Crippen LogP contribution >= 0.6 is 0 Å². The molecule has 0 spiro atoms. The highest BCUT2D eigenvalue weighted by molar-refractivity contribution is 5.84. The molecule has 1 rings (SSSR count). The fraction of sp³-hybridized carbons (Fsp3) is 0.857. The van der Waals surface area contributed by atoms with Crippen molar-refractivity contribution in [2.24, 2.45) is 11.3 Å². The van der Waals surface area contributed by atoms with E-state index in [-0.39, 0.29) is 6.29 Å². The van der Waals surface area contributed by atoms with Crippen LogP contribution in [-0.2, 0) is 28.5 Å². The smallest absolute Gasteiger partial charge is 0.314 e. The highest BCUT2D eigenvalue weighted by Crippen LogP contribution is 2.31. The molecule has 0 radical (unpaired) electrons. The monoisotopic (exact) mass is 288 g/mol. The topological polar surface area (TPSA) is 71.1 Å². The number of esters is 2. The summed E-state index contributed by atoms with van der Waals surface area (Å²) in [4.78, 5) is 23.8. The SMILES string of the molecule is COC(=O)C(C)C(C)(C)C(=O)OC1CCCC(OC)O1. The maximum Gasteiger partial charge on any atom is 0.314 e. The van der Waals surface area contributed by atoms with Gasteiger partial charge in [0.05, 0.1) is 18.4 Å². The fourth-order valence-corrected chi connectivity index (χ4v) is 1.94. The second-order valence-corrected chi connectivity index (χ2v) is 5.53. The Morgan fingerprint density at radius 2 is 1.80 bits per heavy atom. The molecule has 1 aliphatic heterocycles. The molecule has 0 aromatic carbocycles. The van der Waals surface area contributed by atoms with E-state index in [1.165, 1.54) is 7.11 Å². The predicted molar refractivity (Wildman–Crippen MR) is 70.6 cm³/mol. The van der Waals surface area contributed by atoms with Crippen molar-refractivity contribution in [3.05, 3.63) is 0 Å². The summed E-state index contributed by atoms with van der Waals surface area (Å²) in [6.45, 7) is 4.97. The van der Waals surface area contributed by atoms with Gasteiger partial charge in [-0.05, 0) is 26.7 Å². The molecule has 20 heavy (non-hydrogen) atoms. The number of rotatable bonds is 5. The molecule has 1 aliphatic rings. The summed E-state index contributed by atoms with van der Waals surface area (Å²) in [5.41, 5.74) is -0.976. The van der Waals surface area contributed by atoms with E-state index in [2.05, 4.69) is 4.74 Å². The minimum absolute atomic E-state index is 0.345. The number of carbonyl (C=O) groups is 2. The first-order valence-electron chi connectivity index (χ1n) is 6.80. The lowest BCUT2D eigenvalue weighted by atomic mass is 9.80. The molecule has 6 heteroatoms. The molecule has 0 aliphatic carbocycles. The molecule has 3 unspecified atom stereocenters. The zero-order valence-electron chi connectivity index (χ0n) is 12.8. The van der Waals surface area contributed by atoms with Crippen LogP contribution in [0, 0.1) is 11.3 Å². The van der Waals surface area contributed by atoms with E-state index in [4.69, 9.17) is 14.2 Å². The number of methoxy groups -OCH3 is 2. The van der Waals surface area contributed by atoms with Crippen LogP contribution in [0.25, 0.3) is 0 Å². The Morgan fingerprint density at radius 1 is 1.20 bits per heavy atom. The summed E-state index contributed by atoms with van der Waals surface area (Å²) in [5, 5.41) is 0. The Morgan fingerprint density at radius 3 is 2.35 bits per heavy atom. The van der Waals surface area contributed by atoms with E-state index >= 15 is 0 Å². The van der Waals surface area contributed by atoms with Gasteiger partial charge in [-0.25, -0.2) is 0 Å². The quantitative estimate of drug-likeness (QED) is 0.719. The number of hydrogen-bond donors (Lipinski definition) is 0. The molecular weight excluding hydrogens is 264 g/mol. The molecule has 0 saturated carbocycles. The Hall–Kier alpha value is -1.14. The van der Waals surface area contributed by atoms with Crippen LogP contribution in [0.2, 0.25) is 0 Å². The van der Waals surface area contributed by atoms with Gasteiger partial charge in [0.2, 0.25) is 6.29 Å². The van der Waals surface area contributed by atoms with E-state index in [9.17, 15) is 9.59 Å². The standard InChI is InChI=1S/C14H24O6/c1-9(12(15)18-5)14(2,3)13(16)20-11-8-6-7-10(17-4)19-11/h9-11H,6-8H2,1-5H3. The van der Waals surface area contributed by atoms with Crippen molar-refractivity contribution >= 4 is 11.9 Å². The van der Waals surface area contributed by atoms with Crippen molar-refractivity contribution in [3.63, 3.8) is 0 Å².